The lowest BCUT2D eigenvalue weighted by atomic mass is 10.2. The van der Waals surface area contributed by atoms with E-state index in [9.17, 15) is 4.79 Å². The number of carbonyl (C=O) groups is 1. The van der Waals surface area contributed by atoms with Crippen molar-refractivity contribution in [3.05, 3.63) is 52.5 Å². The second-order valence-corrected chi connectivity index (χ2v) is 4.40. The molecule has 0 spiro atoms. The summed E-state index contributed by atoms with van der Waals surface area (Å²) in [5, 5.41) is 18.4. The molecule has 106 valence electrons. The fourth-order valence-corrected chi connectivity index (χ4v) is 1.91. The molecule has 0 aliphatic heterocycles. The number of aromatic carboxylic acids is 1. The molecule has 0 radical (unpaired) electrons. The van der Waals surface area contributed by atoms with Crippen LogP contribution in [0.3, 0.4) is 0 Å². The standard InChI is InChI=1S/C15H10ClNO4/c1-20-13-6-5-9(15(18)19)7-14(13)21-12-4-2-3-11(16)10(12)8-17/h2-7H,1H3,(H,18,19). The largest absolute Gasteiger partial charge is 0.493 e. The number of nitrogens with zero attached hydrogens (tertiary/aromatic N) is 1. The van der Waals surface area contributed by atoms with E-state index < -0.39 is 5.97 Å². The van der Waals surface area contributed by atoms with Crippen LogP contribution >= 0.6 is 11.6 Å². The number of nitriles is 1. The summed E-state index contributed by atoms with van der Waals surface area (Å²) in [7, 11) is 1.44. The molecule has 1 N–H and O–H groups in total. The summed E-state index contributed by atoms with van der Waals surface area (Å²) in [6.45, 7) is 0. The SMILES string of the molecule is COc1ccc(C(=O)O)cc1Oc1cccc(Cl)c1C#N. The molecule has 21 heavy (non-hydrogen) atoms. The number of hydrogen-bond acceptors (Lipinski definition) is 4. The third-order valence-electron chi connectivity index (χ3n) is 2.72. The Hall–Kier alpha value is -2.71. The van der Waals surface area contributed by atoms with Gasteiger partial charge in [0, 0.05) is 0 Å². The second kappa shape index (κ2) is 6.16. The van der Waals surface area contributed by atoms with E-state index in [1.54, 1.807) is 18.2 Å². The average Bonchev–Trinajstić information content (AvgIpc) is 2.47. The molecule has 0 fully saturated rings. The monoisotopic (exact) mass is 303 g/mol. The molecule has 6 heteroatoms. The first-order valence-electron chi connectivity index (χ1n) is 5.84. The van der Waals surface area contributed by atoms with Gasteiger partial charge in [-0.25, -0.2) is 4.79 Å². The topological polar surface area (TPSA) is 79.6 Å². The quantitative estimate of drug-likeness (QED) is 0.931. The molecule has 2 aromatic rings. The third-order valence-corrected chi connectivity index (χ3v) is 3.03. The number of carboxylic acids is 1. The first-order valence-corrected chi connectivity index (χ1v) is 6.22. The first kappa shape index (κ1) is 14.7. The molecule has 0 aliphatic carbocycles. The van der Waals surface area contributed by atoms with Crippen LogP contribution in [0.25, 0.3) is 0 Å². The number of benzene rings is 2. The Kier molecular flexibility index (Phi) is 4.31. The summed E-state index contributed by atoms with van der Waals surface area (Å²) in [5.41, 5.74) is 0.216. The van der Waals surface area contributed by atoms with E-state index in [-0.39, 0.29) is 27.6 Å². The zero-order chi connectivity index (χ0) is 15.4. The van der Waals surface area contributed by atoms with Crippen LogP contribution < -0.4 is 9.47 Å². The highest BCUT2D eigenvalue weighted by atomic mass is 35.5. The number of methoxy groups -OCH3 is 1. The van der Waals surface area contributed by atoms with Gasteiger partial charge in [-0.2, -0.15) is 5.26 Å². The van der Waals surface area contributed by atoms with Crippen LogP contribution in [-0.2, 0) is 0 Å². The van der Waals surface area contributed by atoms with Crippen molar-refractivity contribution in [2.45, 2.75) is 0 Å². The normalized spacial score (nSPS) is 9.76. The minimum Gasteiger partial charge on any atom is -0.493 e. The van der Waals surface area contributed by atoms with Crippen LogP contribution in [0.2, 0.25) is 5.02 Å². The average molecular weight is 304 g/mol. The van der Waals surface area contributed by atoms with Crippen LogP contribution in [0.5, 0.6) is 17.2 Å². The number of carboxylic acid groups (broad SMARTS) is 1. The van der Waals surface area contributed by atoms with Gasteiger partial charge >= 0.3 is 5.97 Å². The number of halogens is 1. The summed E-state index contributed by atoms with van der Waals surface area (Å²) in [6, 6.07) is 10.9. The predicted molar refractivity (Wildman–Crippen MR) is 76.2 cm³/mol. The molecule has 5 nitrogen and oxygen atoms in total. The van der Waals surface area contributed by atoms with Crippen molar-refractivity contribution in [2.75, 3.05) is 7.11 Å². The van der Waals surface area contributed by atoms with Crippen molar-refractivity contribution in [1.82, 2.24) is 0 Å². The molecule has 0 saturated carbocycles. The molecular weight excluding hydrogens is 294 g/mol. The van der Waals surface area contributed by atoms with Crippen molar-refractivity contribution in [1.29, 1.82) is 5.26 Å². The van der Waals surface area contributed by atoms with Gasteiger partial charge in [-0.1, -0.05) is 17.7 Å². The molecule has 2 rings (SSSR count). The lowest BCUT2D eigenvalue weighted by Crippen LogP contribution is -1.99. The van der Waals surface area contributed by atoms with Crippen molar-refractivity contribution >= 4 is 17.6 Å². The fraction of sp³-hybridized carbons (Fsp3) is 0.0667. The van der Waals surface area contributed by atoms with Crippen LogP contribution in [0.15, 0.2) is 36.4 Å². The summed E-state index contributed by atoms with van der Waals surface area (Å²) in [6.07, 6.45) is 0. The molecule has 0 saturated heterocycles. The lowest BCUT2D eigenvalue weighted by Gasteiger charge is -2.12. The summed E-state index contributed by atoms with van der Waals surface area (Å²) in [4.78, 5) is 11.0. The predicted octanol–water partition coefficient (Wildman–Crippen LogP) is 3.71. The van der Waals surface area contributed by atoms with Gasteiger partial charge in [-0.3, -0.25) is 0 Å². The van der Waals surface area contributed by atoms with Crippen molar-refractivity contribution in [3.8, 4) is 23.3 Å². The Bertz CT molecular complexity index is 737. The number of rotatable bonds is 4. The maximum absolute atomic E-state index is 11.0. The van der Waals surface area contributed by atoms with E-state index in [0.717, 1.165) is 0 Å². The van der Waals surface area contributed by atoms with E-state index in [2.05, 4.69) is 0 Å². The Balaban J connectivity index is 2.48. The van der Waals surface area contributed by atoms with Crippen LogP contribution in [0.1, 0.15) is 15.9 Å². The van der Waals surface area contributed by atoms with Gasteiger partial charge in [0.15, 0.2) is 11.5 Å². The van der Waals surface area contributed by atoms with Gasteiger partial charge in [0.1, 0.15) is 17.4 Å². The van der Waals surface area contributed by atoms with Crippen LogP contribution in [-0.4, -0.2) is 18.2 Å². The van der Waals surface area contributed by atoms with E-state index in [4.69, 9.17) is 31.4 Å². The zero-order valence-electron chi connectivity index (χ0n) is 11.0. The minimum absolute atomic E-state index is 0.0475. The van der Waals surface area contributed by atoms with E-state index in [1.807, 2.05) is 6.07 Å². The molecule has 2 aromatic carbocycles. The highest BCUT2D eigenvalue weighted by Crippen LogP contribution is 2.35. The van der Waals surface area contributed by atoms with E-state index in [0.29, 0.717) is 5.75 Å². The van der Waals surface area contributed by atoms with Gasteiger partial charge < -0.3 is 14.6 Å². The Morgan fingerprint density at radius 1 is 1.24 bits per heavy atom. The summed E-state index contributed by atoms with van der Waals surface area (Å²) < 4.78 is 10.7. The van der Waals surface area contributed by atoms with Crippen molar-refractivity contribution in [3.63, 3.8) is 0 Å². The second-order valence-electron chi connectivity index (χ2n) is 4.00. The van der Waals surface area contributed by atoms with Crippen molar-refractivity contribution in [2.24, 2.45) is 0 Å². The number of hydrogen-bond donors (Lipinski definition) is 1. The smallest absolute Gasteiger partial charge is 0.335 e. The lowest BCUT2D eigenvalue weighted by molar-refractivity contribution is 0.0696. The molecule has 0 atom stereocenters. The fourth-order valence-electron chi connectivity index (χ4n) is 1.71. The zero-order valence-corrected chi connectivity index (χ0v) is 11.7. The van der Waals surface area contributed by atoms with Crippen LogP contribution in [0, 0.1) is 11.3 Å². The highest BCUT2D eigenvalue weighted by Gasteiger charge is 2.14. The number of ether oxygens (including phenoxy) is 2. The Labute approximate surface area is 125 Å². The molecule has 0 bridgehead atoms. The van der Waals surface area contributed by atoms with Gasteiger partial charge in [-0.05, 0) is 30.3 Å². The van der Waals surface area contributed by atoms with Gasteiger partial charge in [0.2, 0.25) is 0 Å². The third kappa shape index (κ3) is 3.07. The molecule has 0 unspecified atom stereocenters. The summed E-state index contributed by atoms with van der Waals surface area (Å²) in [5.74, 6) is -0.319. The summed E-state index contributed by atoms with van der Waals surface area (Å²) >= 11 is 5.92. The maximum atomic E-state index is 11.0. The van der Waals surface area contributed by atoms with Gasteiger partial charge in [0.25, 0.3) is 0 Å². The van der Waals surface area contributed by atoms with E-state index in [1.165, 1.54) is 25.3 Å². The molecule has 0 amide bonds. The highest BCUT2D eigenvalue weighted by molar-refractivity contribution is 6.31. The van der Waals surface area contributed by atoms with E-state index >= 15 is 0 Å². The van der Waals surface area contributed by atoms with Gasteiger partial charge in [0.05, 0.1) is 17.7 Å². The molecule has 0 aliphatic rings. The Morgan fingerprint density at radius 3 is 2.62 bits per heavy atom. The minimum atomic E-state index is -1.09. The van der Waals surface area contributed by atoms with Crippen LogP contribution in [0.4, 0.5) is 0 Å². The molecular formula is C15H10ClNO4. The van der Waals surface area contributed by atoms with Crippen molar-refractivity contribution < 1.29 is 19.4 Å². The Morgan fingerprint density at radius 2 is 2.00 bits per heavy atom. The molecule has 0 heterocycles. The van der Waals surface area contributed by atoms with Gasteiger partial charge in [-0.15, -0.1) is 0 Å². The first-order chi connectivity index (χ1) is 10.1. The molecule has 0 aromatic heterocycles. The maximum Gasteiger partial charge on any atom is 0.335 e.